The minimum atomic E-state index is 0.994. The van der Waals surface area contributed by atoms with Crippen LogP contribution in [0.4, 0.5) is 0 Å². The zero-order valence-corrected chi connectivity index (χ0v) is 9.46. The molecule has 3 heteroatoms. The Morgan fingerprint density at radius 1 is 0.941 bits per heavy atom. The van der Waals surface area contributed by atoms with Crippen molar-refractivity contribution in [2.75, 3.05) is 0 Å². The number of aryl methyl sites for hydroxylation is 1. The molecule has 0 saturated heterocycles. The van der Waals surface area contributed by atoms with Gasteiger partial charge in [0.2, 0.25) is 0 Å². The highest BCUT2D eigenvalue weighted by molar-refractivity contribution is 5.86. The average molecular weight is 221 g/mol. The molecule has 0 spiro atoms. The van der Waals surface area contributed by atoms with E-state index in [1.165, 1.54) is 5.39 Å². The largest absolute Gasteiger partial charge is 0.264 e. The lowest BCUT2D eigenvalue weighted by Gasteiger charge is -2.05. The number of nitrogens with zero attached hydrogens (tertiary/aromatic N) is 3. The maximum absolute atomic E-state index is 4.21. The second-order valence-electron chi connectivity index (χ2n) is 3.96. The van der Waals surface area contributed by atoms with E-state index in [-0.39, 0.29) is 0 Å². The van der Waals surface area contributed by atoms with E-state index in [1.54, 1.807) is 12.5 Å². The third-order valence-electron chi connectivity index (χ3n) is 2.86. The van der Waals surface area contributed by atoms with Gasteiger partial charge in [0.05, 0.1) is 0 Å². The van der Waals surface area contributed by atoms with Crippen molar-refractivity contribution in [3.05, 3.63) is 54.9 Å². The van der Waals surface area contributed by atoms with Crippen molar-refractivity contribution in [1.82, 2.24) is 15.0 Å². The predicted octanol–water partition coefficient (Wildman–Crippen LogP) is 3.00. The molecule has 1 aromatic carbocycles. The summed E-state index contributed by atoms with van der Waals surface area (Å²) >= 11 is 0. The maximum Gasteiger partial charge on any atom is 0.115 e. The number of pyridine rings is 1. The van der Waals surface area contributed by atoms with Crippen LogP contribution in [0, 0.1) is 6.92 Å². The van der Waals surface area contributed by atoms with Gasteiger partial charge in [0.25, 0.3) is 0 Å². The zero-order valence-electron chi connectivity index (χ0n) is 9.46. The van der Waals surface area contributed by atoms with Crippen LogP contribution in [-0.2, 0) is 0 Å². The quantitative estimate of drug-likeness (QED) is 0.634. The lowest BCUT2D eigenvalue weighted by atomic mass is 10.0. The third kappa shape index (κ3) is 1.76. The first kappa shape index (κ1) is 9.90. The van der Waals surface area contributed by atoms with Crippen LogP contribution >= 0.6 is 0 Å². The van der Waals surface area contributed by atoms with E-state index < -0.39 is 0 Å². The molecule has 3 rings (SSSR count). The van der Waals surface area contributed by atoms with Crippen LogP contribution in [0.1, 0.15) is 5.69 Å². The minimum Gasteiger partial charge on any atom is -0.264 e. The van der Waals surface area contributed by atoms with Crippen molar-refractivity contribution in [3.8, 4) is 11.1 Å². The minimum absolute atomic E-state index is 0.994. The number of aromatic nitrogens is 3. The lowest BCUT2D eigenvalue weighted by Crippen LogP contribution is -1.89. The van der Waals surface area contributed by atoms with Gasteiger partial charge in [-0.1, -0.05) is 12.1 Å². The summed E-state index contributed by atoms with van der Waals surface area (Å²) in [6, 6.07) is 8.31. The van der Waals surface area contributed by atoms with Gasteiger partial charge in [-0.25, -0.2) is 9.97 Å². The Morgan fingerprint density at radius 3 is 2.76 bits per heavy atom. The summed E-state index contributed by atoms with van der Waals surface area (Å²) in [5, 5.41) is 2.33. The normalized spacial score (nSPS) is 10.6. The van der Waals surface area contributed by atoms with Crippen LogP contribution in [0.3, 0.4) is 0 Å². The molecule has 82 valence electrons. The molecule has 2 heterocycles. The number of benzene rings is 1. The first-order valence-corrected chi connectivity index (χ1v) is 5.45. The molecule has 3 aromatic rings. The second kappa shape index (κ2) is 3.94. The van der Waals surface area contributed by atoms with Gasteiger partial charge in [0, 0.05) is 35.2 Å². The molecule has 0 fully saturated rings. The van der Waals surface area contributed by atoms with Crippen molar-refractivity contribution in [2.45, 2.75) is 6.92 Å². The van der Waals surface area contributed by atoms with E-state index in [9.17, 15) is 0 Å². The molecule has 0 saturated carbocycles. The first-order chi connectivity index (χ1) is 8.34. The van der Waals surface area contributed by atoms with Crippen molar-refractivity contribution < 1.29 is 0 Å². The van der Waals surface area contributed by atoms with Crippen molar-refractivity contribution >= 4 is 10.8 Å². The summed E-state index contributed by atoms with van der Waals surface area (Å²) in [5.41, 5.74) is 3.21. The molecule has 0 atom stereocenters. The summed E-state index contributed by atoms with van der Waals surface area (Å²) in [4.78, 5) is 12.4. The Bertz CT molecular complexity index is 677. The number of hydrogen-bond donors (Lipinski definition) is 0. The van der Waals surface area contributed by atoms with E-state index in [4.69, 9.17) is 0 Å². The molecular weight excluding hydrogens is 210 g/mol. The predicted molar refractivity (Wildman–Crippen MR) is 67.5 cm³/mol. The molecule has 0 aliphatic carbocycles. The first-order valence-electron chi connectivity index (χ1n) is 5.45. The third-order valence-corrected chi connectivity index (χ3v) is 2.86. The Hall–Kier alpha value is -2.29. The standard InChI is InChI=1S/C14H11N3/c1-10-14(8-16-9-17-10)12-2-3-13-7-15-5-4-11(13)6-12/h2-9H,1H3. The Kier molecular flexibility index (Phi) is 2.29. The fraction of sp³-hybridized carbons (Fsp3) is 0.0714. The SMILES string of the molecule is Cc1ncncc1-c1ccc2cnccc2c1. The summed E-state index contributed by atoms with van der Waals surface area (Å²) in [7, 11) is 0. The maximum atomic E-state index is 4.21. The topological polar surface area (TPSA) is 38.7 Å². The van der Waals surface area contributed by atoms with Crippen LogP contribution in [0.25, 0.3) is 21.9 Å². The fourth-order valence-electron chi connectivity index (χ4n) is 1.93. The van der Waals surface area contributed by atoms with E-state index in [2.05, 4.69) is 33.2 Å². The van der Waals surface area contributed by atoms with Crippen molar-refractivity contribution in [3.63, 3.8) is 0 Å². The van der Waals surface area contributed by atoms with Crippen LogP contribution in [0.5, 0.6) is 0 Å². The Labute approximate surface area is 99.2 Å². The van der Waals surface area contributed by atoms with Crippen molar-refractivity contribution in [2.24, 2.45) is 0 Å². The van der Waals surface area contributed by atoms with Crippen molar-refractivity contribution in [1.29, 1.82) is 0 Å². The Balaban J connectivity index is 2.22. The number of fused-ring (bicyclic) bond motifs is 1. The molecule has 0 bridgehead atoms. The molecule has 0 N–H and O–H groups in total. The van der Waals surface area contributed by atoms with E-state index in [1.807, 2.05) is 25.4 Å². The monoisotopic (exact) mass is 221 g/mol. The highest BCUT2D eigenvalue weighted by atomic mass is 14.8. The summed E-state index contributed by atoms with van der Waals surface area (Å²) < 4.78 is 0. The van der Waals surface area contributed by atoms with Gasteiger partial charge in [-0.2, -0.15) is 0 Å². The molecule has 3 nitrogen and oxygen atoms in total. The van der Waals surface area contributed by atoms with Gasteiger partial charge in [0.15, 0.2) is 0 Å². The number of rotatable bonds is 1. The van der Waals surface area contributed by atoms with Gasteiger partial charge >= 0.3 is 0 Å². The molecule has 0 aliphatic rings. The van der Waals surface area contributed by atoms with Crippen LogP contribution in [0.15, 0.2) is 49.2 Å². The lowest BCUT2D eigenvalue weighted by molar-refractivity contribution is 1.11. The van der Waals surface area contributed by atoms with Gasteiger partial charge in [0.1, 0.15) is 6.33 Å². The summed E-state index contributed by atoms with van der Waals surface area (Å²) in [6.07, 6.45) is 7.10. The summed E-state index contributed by atoms with van der Waals surface area (Å²) in [6.45, 7) is 1.99. The smallest absolute Gasteiger partial charge is 0.115 e. The molecule has 17 heavy (non-hydrogen) atoms. The molecule has 0 aliphatic heterocycles. The molecule has 2 aromatic heterocycles. The molecule has 0 radical (unpaired) electrons. The van der Waals surface area contributed by atoms with Gasteiger partial charge < -0.3 is 0 Å². The zero-order chi connectivity index (χ0) is 11.7. The number of hydrogen-bond acceptors (Lipinski definition) is 3. The highest BCUT2D eigenvalue weighted by Crippen LogP contribution is 2.24. The molecule has 0 amide bonds. The second-order valence-corrected chi connectivity index (χ2v) is 3.96. The van der Waals surface area contributed by atoms with Gasteiger partial charge in [-0.05, 0) is 30.0 Å². The fourth-order valence-corrected chi connectivity index (χ4v) is 1.93. The van der Waals surface area contributed by atoms with E-state index in [0.717, 1.165) is 22.2 Å². The average Bonchev–Trinajstić information content (AvgIpc) is 2.39. The van der Waals surface area contributed by atoms with Crippen LogP contribution in [-0.4, -0.2) is 15.0 Å². The molecular formula is C14H11N3. The summed E-state index contributed by atoms with van der Waals surface area (Å²) in [5.74, 6) is 0. The molecule has 0 unspecified atom stereocenters. The van der Waals surface area contributed by atoms with Gasteiger partial charge in [-0.15, -0.1) is 0 Å². The Morgan fingerprint density at radius 2 is 1.88 bits per heavy atom. The van der Waals surface area contributed by atoms with Gasteiger partial charge in [-0.3, -0.25) is 4.98 Å². The van der Waals surface area contributed by atoms with E-state index in [0.29, 0.717) is 0 Å². The van der Waals surface area contributed by atoms with Crippen LogP contribution < -0.4 is 0 Å². The van der Waals surface area contributed by atoms with E-state index >= 15 is 0 Å². The highest BCUT2D eigenvalue weighted by Gasteiger charge is 2.03. The van der Waals surface area contributed by atoms with Crippen LogP contribution in [0.2, 0.25) is 0 Å².